The lowest BCUT2D eigenvalue weighted by Crippen LogP contribution is -2.15. The summed E-state index contributed by atoms with van der Waals surface area (Å²) in [7, 11) is 0. The molecular formula is C6H10BrF3O2. The molecule has 0 rings (SSSR count). The van der Waals surface area contributed by atoms with E-state index in [1.807, 2.05) is 0 Å². The van der Waals surface area contributed by atoms with E-state index in [0.29, 0.717) is 18.5 Å². The smallest absolute Gasteiger partial charge is 0.380 e. The predicted molar refractivity (Wildman–Crippen MR) is 41.2 cm³/mol. The van der Waals surface area contributed by atoms with Crippen molar-refractivity contribution < 1.29 is 22.6 Å². The lowest BCUT2D eigenvalue weighted by molar-refractivity contribution is -0.325. The molecule has 0 aliphatic heterocycles. The van der Waals surface area contributed by atoms with Crippen molar-refractivity contribution in [3.8, 4) is 0 Å². The molecule has 0 unspecified atom stereocenters. The van der Waals surface area contributed by atoms with Gasteiger partial charge in [0.25, 0.3) is 0 Å². The quantitative estimate of drug-likeness (QED) is 0.532. The molecule has 6 heteroatoms. The maximum absolute atomic E-state index is 11.4. The summed E-state index contributed by atoms with van der Waals surface area (Å²) in [5.41, 5.74) is 0. The summed E-state index contributed by atoms with van der Waals surface area (Å²) in [4.78, 5) is 0. The van der Waals surface area contributed by atoms with Gasteiger partial charge in [0, 0.05) is 11.9 Å². The van der Waals surface area contributed by atoms with Gasteiger partial charge < -0.3 is 4.74 Å². The lowest BCUT2D eigenvalue weighted by Gasteiger charge is -2.06. The van der Waals surface area contributed by atoms with E-state index >= 15 is 0 Å². The van der Waals surface area contributed by atoms with Crippen LogP contribution in [0.2, 0.25) is 0 Å². The molecule has 0 amide bonds. The summed E-state index contributed by atoms with van der Waals surface area (Å²) in [5.74, 6) is 0. The highest BCUT2D eigenvalue weighted by atomic mass is 79.9. The topological polar surface area (TPSA) is 18.5 Å². The highest BCUT2D eigenvalue weighted by Crippen LogP contribution is 2.15. The Morgan fingerprint density at radius 2 is 1.75 bits per heavy atom. The zero-order valence-corrected chi connectivity index (χ0v) is 7.95. The van der Waals surface area contributed by atoms with Gasteiger partial charge in [0.1, 0.15) is 0 Å². The van der Waals surface area contributed by atoms with E-state index in [0.717, 1.165) is 0 Å². The average Bonchev–Trinajstić information content (AvgIpc) is 1.94. The van der Waals surface area contributed by atoms with Crippen molar-refractivity contribution in [1.82, 2.24) is 0 Å². The van der Waals surface area contributed by atoms with Crippen molar-refractivity contribution in [2.75, 3.05) is 25.2 Å². The monoisotopic (exact) mass is 250 g/mol. The first-order chi connectivity index (χ1) is 5.56. The van der Waals surface area contributed by atoms with Gasteiger partial charge in [-0.25, -0.2) is 0 Å². The molecule has 74 valence electrons. The molecule has 0 aromatic rings. The molecule has 0 heterocycles. The summed E-state index contributed by atoms with van der Waals surface area (Å²) in [6.07, 6.45) is -4.26. The van der Waals surface area contributed by atoms with Gasteiger partial charge in [-0.15, -0.1) is 13.2 Å². The van der Waals surface area contributed by atoms with E-state index in [-0.39, 0.29) is 13.0 Å². The van der Waals surface area contributed by atoms with E-state index < -0.39 is 6.36 Å². The van der Waals surface area contributed by atoms with Crippen LogP contribution < -0.4 is 0 Å². The molecule has 0 aromatic heterocycles. The van der Waals surface area contributed by atoms with Crippen molar-refractivity contribution in [2.45, 2.75) is 12.8 Å². The third-order valence-corrected chi connectivity index (χ3v) is 1.24. The van der Waals surface area contributed by atoms with Crippen LogP contribution in [0.1, 0.15) is 6.42 Å². The SMILES string of the molecule is FC(F)(F)OCCCOCCBr. The van der Waals surface area contributed by atoms with Gasteiger partial charge in [-0.05, 0) is 6.42 Å². The third-order valence-electron chi connectivity index (χ3n) is 0.920. The Balaban J connectivity index is 3.01. The molecule has 0 atom stereocenters. The highest BCUT2D eigenvalue weighted by Gasteiger charge is 2.28. The van der Waals surface area contributed by atoms with Crippen LogP contribution in [0.15, 0.2) is 0 Å². The molecule has 0 spiro atoms. The Morgan fingerprint density at radius 1 is 1.08 bits per heavy atom. The maximum atomic E-state index is 11.4. The van der Waals surface area contributed by atoms with Gasteiger partial charge in [0.05, 0.1) is 13.2 Å². The fourth-order valence-electron chi connectivity index (χ4n) is 0.506. The minimum atomic E-state index is -4.52. The Kier molecular flexibility index (Phi) is 6.78. The van der Waals surface area contributed by atoms with Gasteiger partial charge in [0.15, 0.2) is 0 Å². The summed E-state index contributed by atoms with van der Waals surface area (Å²) in [6.45, 7) is 0.458. The van der Waals surface area contributed by atoms with Gasteiger partial charge in [-0.3, -0.25) is 4.74 Å². The largest absolute Gasteiger partial charge is 0.522 e. The zero-order valence-electron chi connectivity index (χ0n) is 6.36. The molecule has 0 aromatic carbocycles. The summed E-state index contributed by atoms with van der Waals surface area (Å²) < 4.78 is 42.5. The van der Waals surface area contributed by atoms with Gasteiger partial charge in [-0.2, -0.15) is 0 Å². The number of hydrogen-bond donors (Lipinski definition) is 0. The number of hydrogen-bond acceptors (Lipinski definition) is 2. The van der Waals surface area contributed by atoms with E-state index in [1.54, 1.807) is 0 Å². The molecule has 0 N–H and O–H groups in total. The molecule has 12 heavy (non-hydrogen) atoms. The number of alkyl halides is 4. The highest BCUT2D eigenvalue weighted by molar-refractivity contribution is 9.09. The molecular weight excluding hydrogens is 241 g/mol. The van der Waals surface area contributed by atoms with Crippen LogP contribution in [-0.2, 0) is 9.47 Å². The van der Waals surface area contributed by atoms with Crippen LogP contribution in [0.25, 0.3) is 0 Å². The Bertz CT molecular complexity index is 107. The van der Waals surface area contributed by atoms with Gasteiger partial charge in [-0.1, -0.05) is 15.9 Å². The van der Waals surface area contributed by atoms with Crippen LogP contribution in [0, 0.1) is 0 Å². The average molecular weight is 251 g/mol. The fraction of sp³-hybridized carbons (Fsp3) is 1.00. The zero-order chi connectivity index (χ0) is 9.45. The molecule has 0 fully saturated rings. The third kappa shape index (κ3) is 10.2. The van der Waals surface area contributed by atoms with Crippen LogP contribution in [-0.4, -0.2) is 31.5 Å². The summed E-state index contributed by atoms with van der Waals surface area (Å²) in [5, 5.41) is 0.688. The molecule has 0 bridgehead atoms. The van der Waals surface area contributed by atoms with Crippen molar-refractivity contribution >= 4 is 15.9 Å². The molecule has 0 aliphatic carbocycles. The number of rotatable bonds is 6. The first-order valence-corrected chi connectivity index (χ1v) is 4.53. The summed E-state index contributed by atoms with van der Waals surface area (Å²) in [6, 6.07) is 0. The second-order valence-electron chi connectivity index (χ2n) is 1.95. The van der Waals surface area contributed by atoms with Crippen LogP contribution in [0.5, 0.6) is 0 Å². The van der Waals surface area contributed by atoms with Crippen LogP contribution >= 0.6 is 15.9 Å². The van der Waals surface area contributed by atoms with Crippen molar-refractivity contribution in [3.05, 3.63) is 0 Å². The van der Waals surface area contributed by atoms with E-state index in [9.17, 15) is 13.2 Å². The Morgan fingerprint density at radius 3 is 2.25 bits per heavy atom. The van der Waals surface area contributed by atoms with Gasteiger partial charge in [0.2, 0.25) is 0 Å². The Labute approximate surface area is 77.2 Å². The first-order valence-electron chi connectivity index (χ1n) is 3.40. The molecule has 0 radical (unpaired) electrons. The number of halogens is 4. The fourth-order valence-corrected chi connectivity index (χ4v) is 0.734. The molecule has 0 aliphatic rings. The minimum Gasteiger partial charge on any atom is -0.380 e. The lowest BCUT2D eigenvalue weighted by atomic mass is 10.5. The normalized spacial score (nSPS) is 12.0. The van der Waals surface area contributed by atoms with E-state index in [4.69, 9.17) is 4.74 Å². The second kappa shape index (κ2) is 6.68. The van der Waals surface area contributed by atoms with Crippen LogP contribution in [0.3, 0.4) is 0 Å². The Hall–Kier alpha value is 0.190. The van der Waals surface area contributed by atoms with E-state index in [1.165, 1.54) is 0 Å². The molecule has 2 nitrogen and oxygen atoms in total. The van der Waals surface area contributed by atoms with Crippen molar-refractivity contribution in [3.63, 3.8) is 0 Å². The van der Waals surface area contributed by atoms with Crippen molar-refractivity contribution in [2.24, 2.45) is 0 Å². The van der Waals surface area contributed by atoms with Crippen molar-refractivity contribution in [1.29, 1.82) is 0 Å². The molecule has 0 saturated heterocycles. The minimum absolute atomic E-state index is 0.256. The molecule has 0 saturated carbocycles. The second-order valence-corrected chi connectivity index (χ2v) is 2.74. The van der Waals surface area contributed by atoms with Crippen LogP contribution in [0.4, 0.5) is 13.2 Å². The van der Waals surface area contributed by atoms with Gasteiger partial charge >= 0.3 is 6.36 Å². The summed E-state index contributed by atoms with van der Waals surface area (Å²) >= 11 is 3.11. The predicted octanol–water partition coefficient (Wildman–Crippen LogP) is 2.32. The maximum Gasteiger partial charge on any atom is 0.522 e. The first kappa shape index (κ1) is 12.2. The number of ether oxygens (including phenoxy) is 2. The van der Waals surface area contributed by atoms with E-state index in [2.05, 4.69) is 20.7 Å². The standard InChI is InChI=1S/C6H10BrF3O2/c7-2-5-11-3-1-4-12-6(8,9)10/h1-5H2.